The second kappa shape index (κ2) is 13.0. The number of alkyl halides is 1. The fourth-order valence-electron chi connectivity index (χ4n) is 2.49. The summed E-state index contributed by atoms with van der Waals surface area (Å²) in [6.07, 6.45) is 9.06. The Morgan fingerprint density at radius 1 is 1.52 bits per heavy atom. The maximum Gasteiger partial charge on any atom is 0.305 e. The zero-order valence-corrected chi connectivity index (χ0v) is 17.6. The number of carbonyl (C=O) groups is 1. The first-order valence-electron chi connectivity index (χ1n) is 7.25. The van der Waals surface area contributed by atoms with Gasteiger partial charge in [0.15, 0.2) is 0 Å². The molecule has 0 aromatic carbocycles. The number of allylic oxidation sites excluding steroid dienone is 1. The van der Waals surface area contributed by atoms with Gasteiger partial charge < -0.3 is 14.7 Å². The van der Waals surface area contributed by atoms with Crippen LogP contribution >= 0.6 is 11.6 Å². The topological polar surface area (TPSA) is 49.8 Å². The van der Waals surface area contributed by atoms with Gasteiger partial charge in [0.2, 0.25) is 0 Å². The van der Waals surface area contributed by atoms with E-state index in [-0.39, 0.29) is 42.5 Å². The first kappa shape index (κ1) is 21.5. The molecule has 1 aliphatic heterocycles. The molecule has 4 nitrogen and oxygen atoms in total. The molecule has 2 atom stereocenters. The van der Waals surface area contributed by atoms with Crippen molar-refractivity contribution in [2.75, 3.05) is 20.2 Å². The summed E-state index contributed by atoms with van der Waals surface area (Å²) in [6, 6.07) is 0.355. The maximum atomic E-state index is 10.9. The van der Waals surface area contributed by atoms with Gasteiger partial charge in [0.25, 0.3) is 0 Å². The molecule has 0 aromatic heterocycles. The standard InChI is InChI=1S/C15H25ClNO3.U/c1-20-15(19)8-5-3-2-4-7-14-13(16)9-11-17(14)10-6-12-18;/h2,4,12-14,18H,3,5-11H2,1H3;/q-1;/b4-2-;/t13-,14+;/m1./s1. The van der Waals surface area contributed by atoms with Crippen molar-refractivity contribution in [3.8, 4) is 0 Å². The van der Waals surface area contributed by atoms with Crippen LogP contribution in [0.1, 0.15) is 38.5 Å². The predicted octanol–water partition coefficient (Wildman–Crippen LogP) is 2.88. The van der Waals surface area contributed by atoms with Gasteiger partial charge in [-0.2, -0.15) is 0 Å². The summed E-state index contributed by atoms with van der Waals surface area (Å²) in [7, 11) is 1.41. The molecule has 0 aliphatic carbocycles. The van der Waals surface area contributed by atoms with E-state index >= 15 is 0 Å². The summed E-state index contributed by atoms with van der Waals surface area (Å²) in [4.78, 5) is 13.3. The number of rotatable bonds is 9. The molecule has 1 aliphatic rings. The van der Waals surface area contributed by atoms with Crippen molar-refractivity contribution in [3.05, 3.63) is 18.8 Å². The van der Waals surface area contributed by atoms with Crippen molar-refractivity contribution in [1.82, 2.24) is 4.90 Å². The average Bonchev–Trinajstić information content (AvgIpc) is 2.80. The van der Waals surface area contributed by atoms with E-state index in [9.17, 15) is 4.79 Å². The predicted molar refractivity (Wildman–Crippen MR) is 80.1 cm³/mol. The van der Waals surface area contributed by atoms with Crippen LogP contribution in [0.3, 0.4) is 0 Å². The molecular weight excluding hydrogens is 516 g/mol. The van der Waals surface area contributed by atoms with Gasteiger partial charge in [-0.3, -0.25) is 4.79 Å². The molecule has 0 aromatic rings. The molecule has 0 saturated carbocycles. The minimum Gasteiger partial charge on any atom is -0.566 e. The largest absolute Gasteiger partial charge is 0.566 e. The van der Waals surface area contributed by atoms with Crippen molar-refractivity contribution in [3.63, 3.8) is 0 Å². The van der Waals surface area contributed by atoms with E-state index in [0.717, 1.165) is 38.8 Å². The van der Waals surface area contributed by atoms with Gasteiger partial charge >= 0.3 is 5.97 Å². The number of hydrogen-bond acceptors (Lipinski definition) is 4. The Balaban J connectivity index is 0.00000400. The molecule has 1 fully saturated rings. The minimum atomic E-state index is -0.151. The van der Waals surface area contributed by atoms with Gasteiger partial charge in [0.05, 0.1) is 12.5 Å². The number of aliphatic hydroxyl groups is 1. The summed E-state index contributed by atoms with van der Waals surface area (Å²) < 4.78 is 4.59. The van der Waals surface area contributed by atoms with Crippen LogP contribution in [0.5, 0.6) is 0 Å². The van der Waals surface area contributed by atoms with Crippen molar-refractivity contribution < 1.29 is 45.8 Å². The molecule has 21 heavy (non-hydrogen) atoms. The Labute approximate surface area is 156 Å². The van der Waals surface area contributed by atoms with E-state index in [1.807, 2.05) is 0 Å². The van der Waals surface area contributed by atoms with Crippen LogP contribution in [0, 0.1) is 37.7 Å². The summed E-state index contributed by atoms with van der Waals surface area (Å²) in [6.45, 7) is 3.07. The Morgan fingerprint density at radius 2 is 2.29 bits per heavy atom. The van der Waals surface area contributed by atoms with E-state index in [0.29, 0.717) is 18.9 Å². The number of halogens is 1. The summed E-state index contributed by atoms with van der Waals surface area (Å²) >= 11 is 6.34. The third kappa shape index (κ3) is 8.62. The second-order valence-corrected chi connectivity index (χ2v) is 5.62. The summed E-state index contributed by atoms with van der Waals surface area (Å²) in [5, 5.41) is 8.97. The third-order valence-corrected chi connectivity index (χ3v) is 4.16. The summed E-state index contributed by atoms with van der Waals surface area (Å²) in [5.74, 6) is -0.151. The maximum absolute atomic E-state index is 10.9. The molecule has 0 spiro atoms. The smallest absolute Gasteiger partial charge is 0.305 e. The van der Waals surface area contributed by atoms with E-state index < -0.39 is 0 Å². The fourth-order valence-corrected chi connectivity index (χ4v) is 2.85. The van der Waals surface area contributed by atoms with Gasteiger partial charge in [-0.25, -0.2) is 6.61 Å². The van der Waals surface area contributed by atoms with Crippen LogP contribution in [0.25, 0.3) is 0 Å². The Bertz CT molecular complexity index is 315. The number of likely N-dealkylation sites (tertiary alicyclic amines) is 1. The molecule has 0 amide bonds. The number of unbranched alkanes of at least 4 members (excludes halogenated alkanes) is 1. The van der Waals surface area contributed by atoms with E-state index in [1.165, 1.54) is 13.7 Å². The molecular formula is C15H25ClNO3U-. The number of hydrogen-bond donors (Lipinski definition) is 1. The molecule has 0 unspecified atom stereocenters. The molecule has 6 heteroatoms. The zero-order valence-electron chi connectivity index (χ0n) is 12.6. The van der Waals surface area contributed by atoms with Gasteiger partial charge in [-0.05, 0) is 38.8 Å². The van der Waals surface area contributed by atoms with Gasteiger partial charge in [-0.15, -0.1) is 18.0 Å². The van der Waals surface area contributed by atoms with E-state index in [2.05, 4.69) is 21.8 Å². The normalized spacial score (nSPS) is 22.4. The molecule has 120 valence electrons. The monoisotopic (exact) mass is 540 g/mol. The van der Waals surface area contributed by atoms with Crippen molar-refractivity contribution in [1.29, 1.82) is 0 Å². The third-order valence-electron chi connectivity index (χ3n) is 3.65. The fraction of sp³-hybridized carbons (Fsp3) is 0.733. The van der Waals surface area contributed by atoms with Gasteiger partial charge in [0, 0.05) is 43.6 Å². The number of nitrogens with zero attached hydrogens (tertiary/aromatic N) is 1. The molecule has 1 heterocycles. The van der Waals surface area contributed by atoms with Crippen LogP contribution in [-0.4, -0.2) is 47.6 Å². The molecule has 1 saturated heterocycles. The first-order chi connectivity index (χ1) is 9.69. The van der Waals surface area contributed by atoms with Crippen molar-refractivity contribution in [2.24, 2.45) is 0 Å². The Kier molecular flexibility index (Phi) is 13.3. The summed E-state index contributed by atoms with van der Waals surface area (Å²) in [5.41, 5.74) is 0. The van der Waals surface area contributed by atoms with Crippen LogP contribution < -0.4 is 0 Å². The molecule has 1 N–H and O–H groups in total. The van der Waals surface area contributed by atoms with Crippen molar-refractivity contribution in [2.45, 2.75) is 49.9 Å². The number of aliphatic hydroxyl groups excluding tert-OH is 1. The SMILES string of the molecule is COC(=O)CCC/C=C\C[C@H]1[C@H](Cl)CCN1CC[CH-]O.[U]. The van der Waals surface area contributed by atoms with E-state index in [4.69, 9.17) is 16.7 Å². The number of ether oxygens (including phenoxy) is 1. The second-order valence-electron chi connectivity index (χ2n) is 5.05. The zero-order chi connectivity index (χ0) is 14.8. The van der Waals surface area contributed by atoms with Crippen LogP contribution in [0.2, 0.25) is 0 Å². The van der Waals surface area contributed by atoms with Gasteiger partial charge in [-0.1, -0.05) is 12.2 Å². The van der Waals surface area contributed by atoms with Gasteiger partial charge in [0.1, 0.15) is 0 Å². The average molecular weight is 541 g/mol. The molecule has 0 radical (unpaired) electrons. The van der Waals surface area contributed by atoms with Crippen LogP contribution in [0.15, 0.2) is 12.2 Å². The molecule has 1 rings (SSSR count). The molecule has 0 bridgehead atoms. The minimum absolute atomic E-state index is 0. The number of carbonyl (C=O) groups excluding carboxylic acids is 1. The van der Waals surface area contributed by atoms with Crippen LogP contribution in [-0.2, 0) is 9.53 Å². The Hall–Kier alpha value is 0.472. The first-order valence-corrected chi connectivity index (χ1v) is 7.68. The Morgan fingerprint density at radius 3 is 2.95 bits per heavy atom. The number of esters is 1. The quantitative estimate of drug-likeness (QED) is 0.161. The van der Waals surface area contributed by atoms with E-state index in [1.54, 1.807) is 0 Å². The number of methoxy groups -OCH3 is 1. The van der Waals surface area contributed by atoms with Crippen LogP contribution in [0.4, 0.5) is 0 Å². The van der Waals surface area contributed by atoms with Crippen molar-refractivity contribution >= 4 is 17.6 Å².